The third-order valence-corrected chi connectivity index (χ3v) is 5.46. The van der Waals surface area contributed by atoms with E-state index in [1.807, 2.05) is 19.1 Å². The molecule has 1 aliphatic rings. The third-order valence-electron chi connectivity index (χ3n) is 5.46. The van der Waals surface area contributed by atoms with Gasteiger partial charge in [0.2, 0.25) is 5.91 Å². The summed E-state index contributed by atoms with van der Waals surface area (Å²) in [4.78, 5) is 15.1. The Hall–Kier alpha value is -2.89. The highest BCUT2D eigenvalue weighted by molar-refractivity contribution is 5.97. The highest BCUT2D eigenvalue weighted by Crippen LogP contribution is 2.29. The quantitative estimate of drug-likeness (QED) is 0.726. The number of hydrogen-bond acceptors (Lipinski definition) is 5. The summed E-state index contributed by atoms with van der Waals surface area (Å²) in [6.07, 6.45) is 2.48. The molecule has 156 valence electrons. The smallest absolute Gasteiger partial charge is 0.246 e. The fourth-order valence-electron chi connectivity index (χ4n) is 3.50. The van der Waals surface area contributed by atoms with Crippen molar-refractivity contribution in [2.45, 2.75) is 32.7 Å². The molecular formula is C23H31N3O3. The molecule has 6 heteroatoms. The molecule has 6 nitrogen and oxygen atoms in total. The van der Waals surface area contributed by atoms with Gasteiger partial charge >= 0.3 is 0 Å². The number of ether oxygens (including phenoxy) is 2. The summed E-state index contributed by atoms with van der Waals surface area (Å²) in [5.41, 5.74) is 2.74. The minimum Gasteiger partial charge on any atom is -0.497 e. The first-order chi connectivity index (χ1) is 14.0. The van der Waals surface area contributed by atoms with Gasteiger partial charge in [-0.05, 0) is 62.1 Å². The molecule has 0 aliphatic carbocycles. The van der Waals surface area contributed by atoms with Crippen LogP contribution in [0.1, 0.15) is 26.7 Å². The molecule has 0 radical (unpaired) electrons. The first-order valence-electron chi connectivity index (χ1n) is 10.1. The van der Waals surface area contributed by atoms with Gasteiger partial charge in [-0.3, -0.25) is 4.79 Å². The zero-order chi connectivity index (χ0) is 20.8. The second-order valence-corrected chi connectivity index (χ2v) is 7.64. The van der Waals surface area contributed by atoms with Crippen molar-refractivity contribution in [1.82, 2.24) is 0 Å². The van der Waals surface area contributed by atoms with Crippen molar-refractivity contribution in [2.24, 2.45) is 5.92 Å². The van der Waals surface area contributed by atoms with Crippen molar-refractivity contribution in [1.29, 1.82) is 0 Å². The van der Waals surface area contributed by atoms with E-state index in [1.54, 1.807) is 32.4 Å². The average Bonchev–Trinajstić information content (AvgIpc) is 2.74. The Morgan fingerprint density at radius 1 is 1.07 bits per heavy atom. The average molecular weight is 398 g/mol. The van der Waals surface area contributed by atoms with Gasteiger partial charge in [0.15, 0.2) is 0 Å². The number of methoxy groups -OCH3 is 2. The van der Waals surface area contributed by atoms with Crippen LogP contribution < -0.4 is 25.0 Å². The van der Waals surface area contributed by atoms with Gasteiger partial charge < -0.3 is 25.0 Å². The number of amides is 1. The Morgan fingerprint density at radius 2 is 1.76 bits per heavy atom. The molecule has 2 N–H and O–H groups in total. The molecule has 1 amide bonds. The maximum atomic E-state index is 12.7. The molecule has 2 aromatic rings. The Labute approximate surface area is 173 Å². The van der Waals surface area contributed by atoms with Gasteiger partial charge in [0.25, 0.3) is 0 Å². The molecule has 1 unspecified atom stereocenters. The Bertz CT molecular complexity index is 815. The first-order valence-corrected chi connectivity index (χ1v) is 10.1. The monoisotopic (exact) mass is 397 g/mol. The lowest BCUT2D eigenvalue weighted by molar-refractivity contribution is -0.116. The molecule has 1 heterocycles. The fourth-order valence-corrected chi connectivity index (χ4v) is 3.50. The van der Waals surface area contributed by atoms with Crippen LogP contribution in [0.5, 0.6) is 11.5 Å². The number of nitrogens with zero attached hydrogens (tertiary/aromatic N) is 1. The number of anilines is 3. The molecule has 1 saturated heterocycles. The van der Waals surface area contributed by atoms with Crippen LogP contribution in [0.2, 0.25) is 0 Å². The van der Waals surface area contributed by atoms with Crippen molar-refractivity contribution in [3.8, 4) is 11.5 Å². The van der Waals surface area contributed by atoms with Crippen LogP contribution in [0.15, 0.2) is 42.5 Å². The van der Waals surface area contributed by atoms with E-state index in [1.165, 1.54) is 18.5 Å². The van der Waals surface area contributed by atoms with Crippen LogP contribution in [0, 0.1) is 5.92 Å². The highest BCUT2D eigenvalue weighted by Gasteiger charge is 2.17. The van der Waals surface area contributed by atoms with Gasteiger partial charge in [0, 0.05) is 30.5 Å². The highest BCUT2D eigenvalue weighted by atomic mass is 16.5. The maximum absolute atomic E-state index is 12.7. The Balaban J connectivity index is 1.60. The Morgan fingerprint density at radius 3 is 2.38 bits per heavy atom. The van der Waals surface area contributed by atoms with Crippen molar-refractivity contribution in [3.05, 3.63) is 42.5 Å². The third kappa shape index (κ3) is 5.34. The molecule has 0 bridgehead atoms. The molecule has 0 aromatic heterocycles. The van der Waals surface area contributed by atoms with Crippen molar-refractivity contribution >= 4 is 23.0 Å². The zero-order valence-corrected chi connectivity index (χ0v) is 17.7. The molecule has 1 aliphatic heterocycles. The second kappa shape index (κ2) is 9.54. The van der Waals surface area contributed by atoms with Gasteiger partial charge in [0.1, 0.15) is 17.5 Å². The molecule has 3 rings (SSSR count). The standard InChI is InChI=1S/C23H31N3O3/c1-16-11-13-26(14-12-16)19-7-5-18(6-8-19)24-17(2)23(27)25-21-15-20(28-3)9-10-22(21)29-4/h5-10,15-17,24H,11-14H2,1-4H3,(H,25,27). The number of rotatable bonds is 7. The van der Waals surface area contributed by atoms with Gasteiger partial charge in [-0.25, -0.2) is 0 Å². The summed E-state index contributed by atoms with van der Waals surface area (Å²) in [6.45, 7) is 6.37. The lowest BCUT2D eigenvalue weighted by atomic mass is 9.99. The topological polar surface area (TPSA) is 62.8 Å². The second-order valence-electron chi connectivity index (χ2n) is 7.64. The predicted molar refractivity (Wildman–Crippen MR) is 118 cm³/mol. The summed E-state index contributed by atoms with van der Waals surface area (Å²) >= 11 is 0. The molecule has 0 spiro atoms. The number of piperidine rings is 1. The largest absolute Gasteiger partial charge is 0.497 e. The maximum Gasteiger partial charge on any atom is 0.246 e. The number of carbonyl (C=O) groups excluding carboxylic acids is 1. The lowest BCUT2D eigenvalue weighted by Gasteiger charge is -2.32. The molecule has 29 heavy (non-hydrogen) atoms. The van der Waals surface area contributed by atoms with E-state index in [0.717, 1.165) is 24.7 Å². The molecular weight excluding hydrogens is 366 g/mol. The number of carbonyl (C=O) groups is 1. The van der Waals surface area contributed by atoms with Crippen molar-refractivity contribution in [2.75, 3.05) is 42.8 Å². The molecule has 1 atom stereocenters. The lowest BCUT2D eigenvalue weighted by Crippen LogP contribution is -2.33. The predicted octanol–water partition coefficient (Wildman–Crippen LogP) is 4.38. The summed E-state index contributed by atoms with van der Waals surface area (Å²) in [7, 11) is 3.16. The zero-order valence-electron chi connectivity index (χ0n) is 17.7. The van der Waals surface area contributed by atoms with Crippen LogP contribution in [0.25, 0.3) is 0 Å². The minimum absolute atomic E-state index is 0.148. The van der Waals surface area contributed by atoms with Gasteiger partial charge in [0.05, 0.1) is 19.9 Å². The number of benzene rings is 2. The van der Waals surface area contributed by atoms with Crippen molar-refractivity contribution < 1.29 is 14.3 Å². The number of nitrogens with one attached hydrogen (secondary N) is 2. The van der Waals surface area contributed by atoms with E-state index in [9.17, 15) is 4.79 Å². The normalized spacial score (nSPS) is 15.5. The van der Waals surface area contributed by atoms with E-state index in [4.69, 9.17) is 9.47 Å². The van der Waals surface area contributed by atoms with Crippen molar-refractivity contribution in [3.63, 3.8) is 0 Å². The fraction of sp³-hybridized carbons (Fsp3) is 0.435. The van der Waals surface area contributed by atoms with Gasteiger partial charge in [-0.2, -0.15) is 0 Å². The van der Waals surface area contributed by atoms with Gasteiger partial charge in [-0.15, -0.1) is 0 Å². The van der Waals surface area contributed by atoms with Crippen LogP contribution in [-0.2, 0) is 4.79 Å². The summed E-state index contributed by atoms with van der Waals surface area (Å²) < 4.78 is 10.6. The summed E-state index contributed by atoms with van der Waals surface area (Å²) in [5, 5.41) is 6.17. The van der Waals surface area contributed by atoms with Crippen LogP contribution >= 0.6 is 0 Å². The minimum atomic E-state index is -0.410. The Kier molecular flexibility index (Phi) is 6.86. The van der Waals surface area contributed by atoms with Crippen LogP contribution in [0.3, 0.4) is 0 Å². The molecule has 1 fully saturated rings. The summed E-state index contributed by atoms with van der Waals surface area (Å²) in [5.74, 6) is 1.91. The first kappa shape index (κ1) is 20.8. The molecule has 2 aromatic carbocycles. The van der Waals surface area contributed by atoms with Crippen LogP contribution in [-0.4, -0.2) is 39.3 Å². The summed E-state index contributed by atoms with van der Waals surface area (Å²) in [6, 6.07) is 13.2. The van der Waals surface area contributed by atoms with Gasteiger partial charge in [-0.1, -0.05) is 6.92 Å². The number of hydrogen-bond donors (Lipinski definition) is 2. The van der Waals surface area contributed by atoms with E-state index in [-0.39, 0.29) is 5.91 Å². The molecule has 0 saturated carbocycles. The van der Waals surface area contributed by atoms with E-state index >= 15 is 0 Å². The SMILES string of the molecule is COc1ccc(OC)c(NC(=O)C(C)Nc2ccc(N3CCC(C)CC3)cc2)c1. The van der Waals surface area contributed by atoms with Crippen LogP contribution in [0.4, 0.5) is 17.1 Å². The van der Waals surface area contributed by atoms with E-state index < -0.39 is 6.04 Å². The van der Waals surface area contributed by atoms with E-state index in [2.05, 4.69) is 34.6 Å². The van der Waals surface area contributed by atoms with E-state index in [0.29, 0.717) is 17.2 Å².